The van der Waals surface area contributed by atoms with Crippen LogP contribution >= 0.6 is 0 Å². The van der Waals surface area contributed by atoms with E-state index in [9.17, 15) is 4.79 Å². The van der Waals surface area contributed by atoms with Gasteiger partial charge in [-0.2, -0.15) is 4.98 Å². The smallest absolute Gasteiger partial charge is 0.260 e. The Morgan fingerprint density at radius 1 is 1.23 bits per heavy atom. The second kappa shape index (κ2) is 7.86. The van der Waals surface area contributed by atoms with E-state index in [-0.39, 0.29) is 18.4 Å². The first kappa shape index (κ1) is 17.0. The molecular formula is C19H23N3O4. The maximum absolute atomic E-state index is 12.1. The number of benzene rings is 1. The van der Waals surface area contributed by atoms with Crippen molar-refractivity contribution in [2.75, 3.05) is 32.9 Å². The highest BCUT2D eigenvalue weighted by molar-refractivity contribution is 5.78. The number of aromatic nitrogens is 2. The summed E-state index contributed by atoms with van der Waals surface area (Å²) < 4.78 is 16.4. The molecule has 26 heavy (non-hydrogen) atoms. The maximum Gasteiger partial charge on any atom is 0.260 e. The van der Waals surface area contributed by atoms with Gasteiger partial charge in [-0.15, -0.1) is 0 Å². The van der Waals surface area contributed by atoms with Crippen LogP contribution in [-0.2, 0) is 16.0 Å². The zero-order valence-corrected chi connectivity index (χ0v) is 14.7. The molecule has 1 saturated carbocycles. The van der Waals surface area contributed by atoms with E-state index in [0.717, 1.165) is 12.5 Å². The Balaban J connectivity index is 1.16. The normalized spacial score (nSPS) is 17.2. The van der Waals surface area contributed by atoms with Crippen LogP contribution in [0.3, 0.4) is 0 Å². The van der Waals surface area contributed by atoms with Gasteiger partial charge in [0.25, 0.3) is 5.91 Å². The molecule has 1 aliphatic carbocycles. The van der Waals surface area contributed by atoms with E-state index in [1.807, 2.05) is 30.3 Å². The lowest BCUT2D eigenvalue weighted by Crippen LogP contribution is -2.50. The van der Waals surface area contributed by atoms with Gasteiger partial charge in [-0.05, 0) is 30.9 Å². The van der Waals surface area contributed by atoms with Crippen molar-refractivity contribution >= 4 is 5.91 Å². The topological polar surface area (TPSA) is 77.7 Å². The van der Waals surface area contributed by atoms with Gasteiger partial charge in [0.1, 0.15) is 5.75 Å². The molecule has 7 nitrogen and oxygen atoms in total. The molecule has 0 unspecified atom stereocenters. The van der Waals surface area contributed by atoms with E-state index in [0.29, 0.717) is 43.6 Å². The van der Waals surface area contributed by atoms with Crippen LogP contribution in [0.2, 0.25) is 0 Å². The van der Waals surface area contributed by atoms with Gasteiger partial charge in [0.15, 0.2) is 12.4 Å². The highest BCUT2D eigenvalue weighted by Gasteiger charge is 2.35. The number of hydrogen-bond donors (Lipinski definition) is 0. The fraction of sp³-hybridized carbons (Fsp3) is 0.526. The fourth-order valence-corrected chi connectivity index (χ4v) is 2.82. The highest BCUT2D eigenvalue weighted by Crippen LogP contribution is 2.29. The molecule has 0 bridgehead atoms. The van der Waals surface area contributed by atoms with Gasteiger partial charge in [0, 0.05) is 26.1 Å². The zero-order valence-electron chi connectivity index (χ0n) is 14.7. The number of amides is 1. The second-order valence-electron chi connectivity index (χ2n) is 6.91. The number of rotatable bonds is 9. The molecule has 4 rings (SSSR count). The lowest BCUT2D eigenvalue weighted by molar-refractivity contribution is -0.138. The summed E-state index contributed by atoms with van der Waals surface area (Å²) in [5, 5.41) is 4.00. The molecule has 1 saturated heterocycles. The molecule has 2 heterocycles. The Bertz CT molecular complexity index is 723. The number of ether oxygens (including phenoxy) is 2. The summed E-state index contributed by atoms with van der Waals surface area (Å²) in [6.45, 7) is 2.70. The van der Waals surface area contributed by atoms with Crippen LogP contribution in [0.1, 0.15) is 30.5 Å². The Labute approximate surface area is 152 Å². The van der Waals surface area contributed by atoms with Crippen molar-refractivity contribution in [1.82, 2.24) is 15.0 Å². The van der Waals surface area contributed by atoms with Crippen molar-refractivity contribution in [2.45, 2.75) is 25.2 Å². The lowest BCUT2D eigenvalue weighted by atomic mass is 10.0. The van der Waals surface area contributed by atoms with Crippen molar-refractivity contribution < 1.29 is 18.8 Å². The first-order valence-corrected chi connectivity index (χ1v) is 9.14. The molecule has 1 aromatic carbocycles. The van der Waals surface area contributed by atoms with Crippen LogP contribution in [0.5, 0.6) is 5.75 Å². The third kappa shape index (κ3) is 4.40. The van der Waals surface area contributed by atoms with Gasteiger partial charge in [0.05, 0.1) is 12.5 Å². The molecule has 0 radical (unpaired) electrons. The van der Waals surface area contributed by atoms with Crippen LogP contribution in [0.4, 0.5) is 0 Å². The fourth-order valence-electron chi connectivity index (χ4n) is 2.82. The van der Waals surface area contributed by atoms with E-state index < -0.39 is 0 Å². The molecule has 0 atom stereocenters. The zero-order chi connectivity index (χ0) is 17.8. The molecule has 2 fully saturated rings. The van der Waals surface area contributed by atoms with Gasteiger partial charge >= 0.3 is 0 Å². The first-order chi connectivity index (χ1) is 12.8. The maximum atomic E-state index is 12.1. The quantitative estimate of drug-likeness (QED) is 0.639. The Morgan fingerprint density at radius 3 is 2.81 bits per heavy atom. The largest absolute Gasteiger partial charge is 0.484 e. The molecular weight excluding hydrogens is 334 g/mol. The van der Waals surface area contributed by atoms with Crippen molar-refractivity contribution in [3.05, 3.63) is 42.0 Å². The van der Waals surface area contributed by atoms with Gasteiger partial charge in [-0.3, -0.25) is 4.79 Å². The molecule has 1 amide bonds. The summed E-state index contributed by atoms with van der Waals surface area (Å²) in [7, 11) is 0. The predicted octanol–water partition coefficient (Wildman–Crippen LogP) is 2.04. The number of nitrogens with zero attached hydrogens (tertiary/aromatic N) is 3. The highest BCUT2D eigenvalue weighted by atomic mass is 16.5. The third-order valence-corrected chi connectivity index (χ3v) is 4.69. The van der Waals surface area contributed by atoms with Gasteiger partial charge < -0.3 is 18.9 Å². The number of para-hydroxylation sites is 1. The summed E-state index contributed by atoms with van der Waals surface area (Å²) in [5.74, 6) is 2.83. The van der Waals surface area contributed by atoms with Crippen molar-refractivity contribution in [3.8, 4) is 5.75 Å². The van der Waals surface area contributed by atoms with E-state index >= 15 is 0 Å². The van der Waals surface area contributed by atoms with Crippen LogP contribution < -0.4 is 4.74 Å². The average Bonchev–Trinajstić information content (AvgIpc) is 3.34. The molecule has 1 aromatic heterocycles. The van der Waals surface area contributed by atoms with E-state index in [4.69, 9.17) is 14.0 Å². The minimum absolute atomic E-state index is 0.0293. The number of carbonyl (C=O) groups excluding carboxylic acids is 1. The third-order valence-electron chi connectivity index (χ3n) is 4.69. The standard InChI is InChI=1S/C19H23N3O4/c23-18(13-25-16-4-2-1-3-5-16)22-10-15(11-22)19-20-17(21-26-19)8-9-24-12-14-6-7-14/h1-5,14-15H,6-13H2. The molecule has 1 aliphatic heterocycles. The van der Waals surface area contributed by atoms with E-state index in [1.54, 1.807) is 4.90 Å². The van der Waals surface area contributed by atoms with Crippen molar-refractivity contribution in [2.24, 2.45) is 5.92 Å². The van der Waals surface area contributed by atoms with Crippen molar-refractivity contribution in [1.29, 1.82) is 0 Å². The van der Waals surface area contributed by atoms with Gasteiger partial charge in [-0.1, -0.05) is 23.4 Å². The Kier molecular flexibility index (Phi) is 5.15. The van der Waals surface area contributed by atoms with Gasteiger partial charge in [-0.25, -0.2) is 0 Å². The SMILES string of the molecule is O=C(COc1ccccc1)N1CC(c2nc(CCOCC3CC3)no2)C1. The summed E-state index contributed by atoms with van der Waals surface area (Å²) in [5.41, 5.74) is 0. The predicted molar refractivity (Wildman–Crippen MR) is 92.8 cm³/mol. The molecule has 2 aromatic rings. The first-order valence-electron chi connectivity index (χ1n) is 9.14. The summed E-state index contributed by atoms with van der Waals surface area (Å²) in [6.07, 6.45) is 3.25. The molecule has 2 aliphatic rings. The number of hydrogen-bond acceptors (Lipinski definition) is 6. The Hall–Kier alpha value is -2.41. The molecule has 7 heteroatoms. The summed E-state index contributed by atoms with van der Waals surface area (Å²) in [6, 6.07) is 9.33. The molecule has 138 valence electrons. The van der Waals surface area contributed by atoms with Crippen LogP contribution in [-0.4, -0.2) is 53.9 Å². The Morgan fingerprint density at radius 2 is 2.04 bits per heavy atom. The van der Waals surface area contributed by atoms with Crippen molar-refractivity contribution in [3.63, 3.8) is 0 Å². The monoisotopic (exact) mass is 357 g/mol. The lowest BCUT2D eigenvalue weighted by Gasteiger charge is -2.36. The number of likely N-dealkylation sites (tertiary alicyclic amines) is 1. The summed E-state index contributed by atoms with van der Waals surface area (Å²) in [4.78, 5) is 18.3. The van der Waals surface area contributed by atoms with E-state index in [2.05, 4.69) is 10.1 Å². The second-order valence-corrected chi connectivity index (χ2v) is 6.91. The minimum Gasteiger partial charge on any atom is -0.484 e. The minimum atomic E-state index is -0.0293. The average molecular weight is 357 g/mol. The molecule has 0 spiro atoms. The van der Waals surface area contributed by atoms with Crippen LogP contribution in [0, 0.1) is 5.92 Å². The van der Waals surface area contributed by atoms with Crippen LogP contribution in [0.15, 0.2) is 34.9 Å². The molecule has 0 N–H and O–H groups in total. The van der Waals surface area contributed by atoms with Crippen LogP contribution in [0.25, 0.3) is 0 Å². The van der Waals surface area contributed by atoms with Gasteiger partial charge in [0.2, 0.25) is 5.89 Å². The summed E-state index contributed by atoms with van der Waals surface area (Å²) >= 11 is 0. The number of carbonyl (C=O) groups is 1. The van der Waals surface area contributed by atoms with E-state index in [1.165, 1.54) is 12.8 Å².